The van der Waals surface area contributed by atoms with Gasteiger partial charge in [0.25, 0.3) is 5.91 Å². The second-order valence-corrected chi connectivity index (χ2v) is 5.04. The zero-order chi connectivity index (χ0) is 17.1. The van der Waals surface area contributed by atoms with Gasteiger partial charge >= 0.3 is 0 Å². The van der Waals surface area contributed by atoms with Crippen LogP contribution in [0.4, 0.5) is 5.69 Å². The third-order valence-corrected chi connectivity index (χ3v) is 3.63. The fraction of sp³-hybridized carbons (Fsp3) is 0.176. The van der Waals surface area contributed by atoms with Crippen LogP contribution in [0.15, 0.2) is 36.5 Å². The van der Waals surface area contributed by atoms with Crippen LogP contribution in [0.3, 0.4) is 0 Å². The molecule has 1 heterocycles. The number of methoxy groups -OCH3 is 3. The van der Waals surface area contributed by atoms with E-state index in [1.165, 1.54) is 21.3 Å². The van der Waals surface area contributed by atoms with Gasteiger partial charge in [-0.1, -0.05) is 0 Å². The molecule has 0 saturated heterocycles. The van der Waals surface area contributed by atoms with E-state index in [0.717, 1.165) is 10.9 Å². The monoisotopic (exact) mass is 327 g/mol. The van der Waals surface area contributed by atoms with E-state index in [4.69, 9.17) is 14.2 Å². The summed E-state index contributed by atoms with van der Waals surface area (Å²) in [6, 6.07) is 8.71. The van der Waals surface area contributed by atoms with Crippen molar-refractivity contribution in [1.82, 2.24) is 10.2 Å². The third kappa shape index (κ3) is 2.83. The van der Waals surface area contributed by atoms with Crippen LogP contribution in [-0.4, -0.2) is 37.4 Å². The van der Waals surface area contributed by atoms with Crippen LogP contribution in [0, 0.1) is 0 Å². The highest BCUT2D eigenvalue weighted by molar-refractivity contribution is 6.05. The highest BCUT2D eigenvalue weighted by atomic mass is 16.5. The van der Waals surface area contributed by atoms with E-state index in [1.54, 1.807) is 18.3 Å². The van der Waals surface area contributed by atoms with Gasteiger partial charge in [-0.2, -0.15) is 5.10 Å². The quantitative estimate of drug-likeness (QED) is 0.752. The van der Waals surface area contributed by atoms with Gasteiger partial charge in [0.15, 0.2) is 11.5 Å². The largest absolute Gasteiger partial charge is 0.493 e. The normalized spacial score (nSPS) is 10.5. The lowest BCUT2D eigenvalue weighted by atomic mass is 10.1. The van der Waals surface area contributed by atoms with E-state index in [2.05, 4.69) is 15.5 Å². The number of anilines is 1. The first-order valence-corrected chi connectivity index (χ1v) is 7.20. The number of carbonyl (C=O) groups is 1. The molecule has 0 radical (unpaired) electrons. The predicted octanol–water partition coefficient (Wildman–Crippen LogP) is 2.84. The zero-order valence-corrected chi connectivity index (χ0v) is 13.5. The molecule has 7 heteroatoms. The number of hydrogen-bond donors (Lipinski definition) is 2. The minimum atomic E-state index is -0.284. The second-order valence-electron chi connectivity index (χ2n) is 5.04. The molecule has 0 fully saturated rings. The number of ether oxygens (including phenoxy) is 3. The van der Waals surface area contributed by atoms with Crippen molar-refractivity contribution in [1.29, 1.82) is 0 Å². The Morgan fingerprint density at radius 3 is 2.38 bits per heavy atom. The molecule has 2 N–H and O–H groups in total. The minimum Gasteiger partial charge on any atom is -0.493 e. The predicted molar refractivity (Wildman–Crippen MR) is 90.1 cm³/mol. The van der Waals surface area contributed by atoms with Gasteiger partial charge < -0.3 is 19.5 Å². The number of hydrogen-bond acceptors (Lipinski definition) is 5. The van der Waals surface area contributed by atoms with Gasteiger partial charge in [-0.15, -0.1) is 0 Å². The van der Waals surface area contributed by atoms with Crippen molar-refractivity contribution in [3.8, 4) is 17.2 Å². The van der Waals surface area contributed by atoms with Crippen LogP contribution in [0.1, 0.15) is 10.4 Å². The Balaban J connectivity index is 1.91. The molecule has 0 aliphatic rings. The molecule has 3 rings (SSSR count). The van der Waals surface area contributed by atoms with Crippen molar-refractivity contribution in [2.24, 2.45) is 0 Å². The zero-order valence-electron chi connectivity index (χ0n) is 13.5. The molecule has 0 saturated carbocycles. The molecule has 1 amide bonds. The van der Waals surface area contributed by atoms with Crippen molar-refractivity contribution >= 4 is 22.5 Å². The van der Waals surface area contributed by atoms with E-state index in [9.17, 15) is 4.79 Å². The fourth-order valence-electron chi connectivity index (χ4n) is 2.43. The average molecular weight is 327 g/mol. The van der Waals surface area contributed by atoms with Crippen LogP contribution < -0.4 is 19.5 Å². The number of amides is 1. The number of nitrogens with one attached hydrogen (secondary N) is 2. The van der Waals surface area contributed by atoms with Crippen molar-refractivity contribution in [2.75, 3.05) is 26.6 Å². The number of fused-ring (bicyclic) bond motifs is 1. The van der Waals surface area contributed by atoms with Crippen LogP contribution in [0.2, 0.25) is 0 Å². The van der Waals surface area contributed by atoms with Crippen LogP contribution in [-0.2, 0) is 0 Å². The van der Waals surface area contributed by atoms with Gasteiger partial charge in [0, 0.05) is 16.6 Å². The summed E-state index contributed by atoms with van der Waals surface area (Å²) in [4.78, 5) is 12.5. The molecular formula is C17H17N3O4. The van der Waals surface area contributed by atoms with Gasteiger partial charge in [-0.05, 0) is 30.3 Å². The Bertz CT molecular complexity index is 863. The Kier molecular flexibility index (Phi) is 4.24. The molecule has 0 atom stereocenters. The Hall–Kier alpha value is -3.22. The van der Waals surface area contributed by atoms with Gasteiger partial charge in [0.1, 0.15) is 0 Å². The van der Waals surface area contributed by atoms with E-state index in [0.29, 0.717) is 28.5 Å². The first-order valence-electron chi connectivity index (χ1n) is 7.20. The van der Waals surface area contributed by atoms with Crippen LogP contribution >= 0.6 is 0 Å². The number of nitrogens with zero attached hydrogens (tertiary/aromatic N) is 1. The maximum atomic E-state index is 12.5. The summed E-state index contributed by atoms with van der Waals surface area (Å²) >= 11 is 0. The first-order chi connectivity index (χ1) is 11.7. The highest BCUT2D eigenvalue weighted by Gasteiger charge is 2.17. The van der Waals surface area contributed by atoms with Crippen molar-refractivity contribution in [3.05, 3.63) is 42.1 Å². The maximum Gasteiger partial charge on any atom is 0.255 e. The molecule has 7 nitrogen and oxygen atoms in total. The number of rotatable bonds is 5. The number of aromatic amines is 1. The van der Waals surface area contributed by atoms with Crippen LogP contribution in [0.5, 0.6) is 17.2 Å². The van der Waals surface area contributed by atoms with Gasteiger partial charge in [0.05, 0.1) is 33.0 Å². The van der Waals surface area contributed by atoms with Gasteiger partial charge in [0.2, 0.25) is 5.75 Å². The molecule has 0 aliphatic heterocycles. The summed E-state index contributed by atoms with van der Waals surface area (Å²) in [5, 5.41) is 10.6. The lowest BCUT2D eigenvalue weighted by Crippen LogP contribution is -2.12. The van der Waals surface area contributed by atoms with Gasteiger partial charge in [-0.25, -0.2) is 0 Å². The third-order valence-electron chi connectivity index (χ3n) is 3.63. The maximum absolute atomic E-state index is 12.5. The summed E-state index contributed by atoms with van der Waals surface area (Å²) in [5.41, 5.74) is 1.90. The van der Waals surface area contributed by atoms with E-state index in [1.807, 2.05) is 18.2 Å². The lowest BCUT2D eigenvalue weighted by Gasteiger charge is -2.14. The SMILES string of the molecule is COc1cc(C(=O)Nc2ccc3cn[nH]c3c2)cc(OC)c1OC. The van der Waals surface area contributed by atoms with Crippen LogP contribution in [0.25, 0.3) is 10.9 Å². The number of H-pyrrole nitrogens is 1. The Labute approximate surface area is 138 Å². The molecule has 1 aromatic heterocycles. The molecule has 0 spiro atoms. The van der Waals surface area contributed by atoms with Crippen molar-refractivity contribution < 1.29 is 19.0 Å². The summed E-state index contributed by atoms with van der Waals surface area (Å²) in [5.74, 6) is 1.00. The average Bonchev–Trinajstić information content (AvgIpc) is 3.07. The number of aromatic nitrogens is 2. The summed E-state index contributed by atoms with van der Waals surface area (Å²) in [6.07, 6.45) is 1.72. The van der Waals surface area contributed by atoms with E-state index in [-0.39, 0.29) is 5.91 Å². The standard InChI is InChI=1S/C17H17N3O4/c1-22-14-6-11(7-15(23-2)16(14)24-3)17(21)19-12-5-4-10-9-18-20-13(10)8-12/h4-9H,1-3H3,(H,18,20)(H,19,21). The topological polar surface area (TPSA) is 85.5 Å². The minimum absolute atomic E-state index is 0.284. The summed E-state index contributed by atoms with van der Waals surface area (Å²) in [7, 11) is 4.52. The van der Waals surface area contributed by atoms with Crippen molar-refractivity contribution in [2.45, 2.75) is 0 Å². The molecule has 24 heavy (non-hydrogen) atoms. The molecule has 3 aromatic rings. The van der Waals surface area contributed by atoms with Crippen molar-refractivity contribution in [3.63, 3.8) is 0 Å². The van der Waals surface area contributed by atoms with E-state index >= 15 is 0 Å². The second kappa shape index (κ2) is 6.49. The lowest BCUT2D eigenvalue weighted by molar-refractivity contribution is 0.102. The molecular weight excluding hydrogens is 310 g/mol. The summed E-state index contributed by atoms with van der Waals surface area (Å²) in [6.45, 7) is 0. The molecule has 0 unspecified atom stereocenters. The van der Waals surface area contributed by atoms with Gasteiger partial charge in [-0.3, -0.25) is 9.89 Å². The Morgan fingerprint density at radius 2 is 1.75 bits per heavy atom. The van der Waals surface area contributed by atoms with E-state index < -0.39 is 0 Å². The Morgan fingerprint density at radius 1 is 1.04 bits per heavy atom. The fourth-order valence-corrected chi connectivity index (χ4v) is 2.43. The highest BCUT2D eigenvalue weighted by Crippen LogP contribution is 2.38. The number of benzene rings is 2. The first kappa shape index (κ1) is 15.7. The summed E-state index contributed by atoms with van der Waals surface area (Å²) < 4.78 is 15.8. The molecule has 124 valence electrons. The molecule has 0 bridgehead atoms. The number of carbonyl (C=O) groups excluding carboxylic acids is 1. The smallest absolute Gasteiger partial charge is 0.255 e. The molecule has 0 aliphatic carbocycles. The molecule has 2 aromatic carbocycles.